The molecule has 0 spiro atoms. The van der Waals surface area contributed by atoms with Crippen LogP contribution in [0.15, 0.2) is 42.5 Å². The molecular weight excluding hydrogens is 212 g/mol. The number of hydrogen-bond donors (Lipinski definition) is 0. The number of rotatable bonds is 6. The van der Waals surface area contributed by atoms with Gasteiger partial charge in [0.1, 0.15) is 5.75 Å². The van der Waals surface area contributed by atoms with Crippen molar-refractivity contribution in [3.8, 4) is 5.75 Å². The highest BCUT2D eigenvalue weighted by molar-refractivity contribution is 5.20. The smallest absolute Gasteiger partial charge is 0.119 e. The summed E-state index contributed by atoms with van der Waals surface area (Å²) in [7, 11) is 0. The Balaban J connectivity index is 1.53. The maximum Gasteiger partial charge on any atom is 0.119 e. The fourth-order valence-electron chi connectivity index (χ4n) is 2.05. The van der Waals surface area contributed by atoms with Crippen LogP contribution in [0.5, 0.6) is 5.75 Å². The van der Waals surface area contributed by atoms with E-state index in [1.807, 2.05) is 30.3 Å². The molecule has 17 heavy (non-hydrogen) atoms. The molecule has 0 saturated heterocycles. The van der Waals surface area contributed by atoms with Gasteiger partial charge in [-0.25, -0.2) is 0 Å². The summed E-state index contributed by atoms with van der Waals surface area (Å²) in [4.78, 5) is 0. The Morgan fingerprint density at radius 1 is 1.18 bits per heavy atom. The number of hydrogen-bond acceptors (Lipinski definition) is 2. The van der Waals surface area contributed by atoms with Crippen LogP contribution < -0.4 is 4.74 Å². The normalized spacial score (nSPS) is 19.5. The van der Waals surface area contributed by atoms with E-state index in [1.165, 1.54) is 5.57 Å². The Morgan fingerprint density at radius 3 is 2.71 bits per heavy atom. The van der Waals surface area contributed by atoms with E-state index in [1.54, 1.807) is 0 Å². The first-order valence-corrected chi connectivity index (χ1v) is 6.31. The van der Waals surface area contributed by atoms with Gasteiger partial charge in [0.25, 0.3) is 0 Å². The van der Waals surface area contributed by atoms with E-state index in [0.29, 0.717) is 6.10 Å². The summed E-state index contributed by atoms with van der Waals surface area (Å²) < 4.78 is 11.4. The Kier molecular flexibility index (Phi) is 4.63. The van der Waals surface area contributed by atoms with Gasteiger partial charge in [-0.05, 0) is 31.4 Å². The first-order valence-electron chi connectivity index (χ1n) is 6.31. The molecule has 2 nitrogen and oxygen atoms in total. The van der Waals surface area contributed by atoms with E-state index in [2.05, 4.69) is 6.58 Å². The minimum absolute atomic E-state index is 0.402. The van der Waals surface area contributed by atoms with E-state index < -0.39 is 0 Å². The zero-order valence-corrected chi connectivity index (χ0v) is 10.2. The molecule has 1 unspecified atom stereocenters. The van der Waals surface area contributed by atoms with Crippen LogP contribution in [0.2, 0.25) is 0 Å². The van der Waals surface area contributed by atoms with Crippen LogP contribution in [0, 0.1) is 0 Å². The van der Waals surface area contributed by atoms with Gasteiger partial charge in [-0.3, -0.25) is 0 Å². The van der Waals surface area contributed by atoms with Crippen molar-refractivity contribution < 1.29 is 9.47 Å². The average Bonchev–Trinajstić information content (AvgIpc) is 2.76. The maximum absolute atomic E-state index is 5.77. The first kappa shape index (κ1) is 12.2. The van der Waals surface area contributed by atoms with Crippen molar-refractivity contribution in [3.63, 3.8) is 0 Å². The first-order chi connectivity index (χ1) is 8.34. The lowest BCUT2D eigenvalue weighted by atomic mass is 10.3. The zero-order valence-electron chi connectivity index (χ0n) is 10.2. The molecule has 0 aliphatic heterocycles. The standard InChI is InChI=1S/C15H20O2/c1-13-8-9-15(12-13)17-11-5-10-16-14-6-3-2-4-7-14/h2-4,6-7,15H,1,5,8-12H2. The van der Waals surface area contributed by atoms with Crippen LogP contribution in [-0.4, -0.2) is 19.3 Å². The van der Waals surface area contributed by atoms with E-state index in [4.69, 9.17) is 9.47 Å². The monoisotopic (exact) mass is 232 g/mol. The molecule has 1 aromatic carbocycles. The topological polar surface area (TPSA) is 18.5 Å². The summed E-state index contributed by atoms with van der Waals surface area (Å²) in [5.41, 5.74) is 1.33. The number of para-hydroxylation sites is 1. The Labute approximate surface area is 103 Å². The van der Waals surface area contributed by atoms with Gasteiger partial charge >= 0.3 is 0 Å². The molecule has 1 aliphatic rings. The summed E-state index contributed by atoms with van der Waals surface area (Å²) in [5, 5.41) is 0. The van der Waals surface area contributed by atoms with Crippen molar-refractivity contribution >= 4 is 0 Å². The van der Waals surface area contributed by atoms with Gasteiger partial charge in [-0.2, -0.15) is 0 Å². The molecule has 0 N–H and O–H groups in total. The third-order valence-electron chi connectivity index (χ3n) is 2.99. The lowest BCUT2D eigenvalue weighted by Crippen LogP contribution is -2.11. The van der Waals surface area contributed by atoms with Gasteiger partial charge in [-0.1, -0.05) is 30.4 Å². The van der Waals surface area contributed by atoms with Gasteiger partial charge in [0.2, 0.25) is 0 Å². The molecule has 0 bridgehead atoms. The van der Waals surface area contributed by atoms with Crippen LogP contribution in [0.4, 0.5) is 0 Å². The largest absolute Gasteiger partial charge is 0.494 e. The third-order valence-corrected chi connectivity index (χ3v) is 2.99. The Morgan fingerprint density at radius 2 is 2.00 bits per heavy atom. The van der Waals surface area contributed by atoms with Crippen LogP contribution in [0.25, 0.3) is 0 Å². The quantitative estimate of drug-likeness (QED) is 0.551. The SMILES string of the molecule is C=C1CCC(OCCCOc2ccccc2)C1. The van der Waals surface area contributed by atoms with Crippen LogP contribution >= 0.6 is 0 Å². The molecule has 0 amide bonds. The van der Waals surface area contributed by atoms with Crippen molar-refractivity contribution in [2.24, 2.45) is 0 Å². The predicted molar refractivity (Wildman–Crippen MR) is 69.3 cm³/mol. The van der Waals surface area contributed by atoms with Crippen molar-refractivity contribution in [2.75, 3.05) is 13.2 Å². The molecular formula is C15H20O2. The van der Waals surface area contributed by atoms with E-state index >= 15 is 0 Å². The number of ether oxygens (including phenoxy) is 2. The number of benzene rings is 1. The molecule has 0 radical (unpaired) electrons. The van der Waals surface area contributed by atoms with E-state index in [-0.39, 0.29) is 0 Å². The van der Waals surface area contributed by atoms with Crippen LogP contribution in [-0.2, 0) is 4.74 Å². The molecule has 2 rings (SSSR count). The minimum Gasteiger partial charge on any atom is -0.494 e. The Bertz CT molecular complexity index is 345. The second-order valence-corrected chi connectivity index (χ2v) is 4.50. The zero-order chi connectivity index (χ0) is 11.9. The van der Waals surface area contributed by atoms with Crippen molar-refractivity contribution in [1.82, 2.24) is 0 Å². The highest BCUT2D eigenvalue weighted by Crippen LogP contribution is 2.25. The fourth-order valence-corrected chi connectivity index (χ4v) is 2.05. The van der Waals surface area contributed by atoms with Gasteiger partial charge in [0.15, 0.2) is 0 Å². The van der Waals surface area contributed by atoms with Crippen molar-refractivity contribution in [1.29, 1.82) is 0 Å². The van der Waals surface area contributed by atoms with E-state index in [9.17, 15) is 0 Å². The molecule has 1 aliphatic carbocycles. The van der Waals surface area contributed by atoms with Gasteiger partial charge in [0, 0.05) is 6.42 Å². The summed E-state index contributed by atoms with van der Waals surface area (Å²) >= 11 is 0. The second-order valence-electron chi connectivity index (χ2n) is 4.50. The molecule has 2 heteroatoms. The molecule has 0 aromatic heterocycles. The predicted octanol–water partition coefficient (Wildman–Crippen LogP) is 3.58. The second kappa shape index (κ2) is 6.45. The average molecular weight is 232 g/mol. The molecule has 1 saturated carbocycles. The molecule has 0 heterocycles. The summed E-state index contributed by atoms with van der Waals surface area (Å²) in [5.74, 6) is 0.932. The third kappa shape index (κ3) is 4.23. The lowest BCUT2D eigenvalue weighted by molar-refractivity contribution is 0.0523. The molecule has 1 fully saturated rings. The highest BCUT2D eigenvalue weighted by Gasteiger charge is 2.17. The van der Waals surface area contributed by atoms with Crippen molar-refractivity contribution in [2.45, 2.75) is 31.8 Å². The van der Waals surface area contributed by atoms with Gasteiger partial charge in [-0.15, -0.1) is 0 Å². The summed E-state index contributed by atoms with van der Waals surface area (Å²) in [6, 6.07) is 9.90. The maximum atomic E-state index is 5.77. The Hall–Kier alpha value is -1.28. The summed E-state index contributed by atoms with van der Waals surface area (Å²) in [6.45, 7) is 5.49. The molecule has 92 valence electrons. The van der Waals surface area contributed by atoms with Crippen LogP contribution in [0.3, 0.4) is 0 Å². The van der Waals surface area contributed by atoms with E-state index in [0.717, 1.165) is 44.6 Å². The molecule has 1 aromatic rings. The fraction of sp³-hybridized carbons (Fsp3) is 0.467. The lowest BCUT2D eigenvalue weighted by Gasteiger charge is -2.11. The van der Waals surface area contributed by atoms with Gasteiger partial charge < -0.3 is 9.47 Å². The van der Waals surface area contributed by atoms with Crippen LogP contribution in [0.1, 0.15) is 25.7 Å². The highest BCUT2D eigenvalue weighted by atomic mass is 16.5. The molecule has 1 atom stereocenters. The summed E-state index contributed by atoms with van der Waals surface area (Å²) in [6.07, 6.45) is 4.65. The minimum atomic E-state index is 0.402. The van der Waals surface area contributed by atoms with Crippen molar-refractivity contribution in [3.05, 3.63) is 42.5 Å². The van der Waals surface area contributed by atoms with Gasteiger partial charge in [0.05, 0.1) is 19.3 Å².